The fraction of sp³-hybridized carbons (Fsp3) is 0.280. The fourth-order valence-electron chi connectivity index (χ4n) is 4.25. The quantitative estimate of drug-likeness (QED) is 0.510. The van der Waals surface area contributed by atoms with Crippen LogP contribution in [0.25, 0.3) is 10.8 Å². The molecule has 0 spiro atoms. The third-order valence-electron chi connectivity index (χ3n) is 5.86. The number of anilines is 2. The van der Waals surface area contributed by atoms with Crippen molar-refractivity contribution in [3.05, 3.63) is 66.2 Å². The number of nitrogens with zero attached hydrogens (tertiary/aromatic N) is 1. The zero-order chi connectivity index (χ0) is 21.9. The largest absolute Gasteiger partial charge is 0.444 e. The van der Waals surface area contributed by atoms with Crippen molar-refractivity contribution in [1.29, 1.82) is 0 Å². The summed E-state index contributed by atoms with van der Waals surface area (Å²) in [5.41, 5.74) is 2.81. The lowest BCUT2D eigenvalue weighted by Gasteiger charge is -2.20. The van der Waals surface area contributed by atoms with Gasteiger partial charge in [0.05, 0.1) is 18.0 Å². The van der Waals surface area contributed by atoms with E-state index in [0.717, 1.165) is 42.2 Å². The number of fused-ring (bicyclic) bond motifs is 2. The second-order valence-electron chi connectivity index (χ2n) is 8.09. The van der Waals surface area contributed by atoms with Gasteiger partial charge in [-0.25, -0.2) is 4.79 Å². The Bertz CT molecular complexity index is 1160. The molecule has 0 radical (unpaired) electrons. The van der Waals surface area contributed by atoms with E-state index in [1.807, 2.05) is 18.2 Å². The minimum absolute atomic E-state index is 0.0162. The first-order chi connectivity index (χ1) is 15.7. The predicted molar refractivity (Wildman–Crippen MR) is 128 cm³/mol. The molecule has 0 aliphatic carbocycles. The van der Waals surface area contributed by atoms with E-state index in [1.54, 1.807) is 4.90 Å². The molecular weight excluding hydrogens is 422 g/mol. The van der Waals surface area contributed by atoms with Gasteiger partial charge in [0.25, 0.3) is 0 Å². The highest BCUT2D eigenvalue weighted by atomic mass is 32.2. The SMILES string of the molecule is O=C1CSc2ccc(N3C[C@H](CCCNCc4cccc5ccccc45)OC3=O)cc2N1. The molecule has 0 saturated carbocycles. The first-order valence-electron chi connectivity index (χ1n) is 10.9. The number of nitrogens with one attached hydrogen (secondary N) is 2. The highest BCUT2D eigenvalue weighted by Crippen LogP contribution is 2.35. The molecule has 2 N–H and O–H groups in total. The Morgan fingerprint density at radius 2 is 1.97 bits per heavy atom. The maximum Gasteiger partial charge on any atom is 0.414 e. The Morgan fingerprint density at radius 1 is 1.09 bits per heavy atom. The Morgan fingerprint density at radius 3 is 2.91 bits per heavy atom. The molecule has 32 heavy (non-hydrogen) atoms. The van der Waals surface area contributed by atoms with Crippen molar-refractivity contribution in [3.8, 4) is 0 Å². The van der Waals surface area contributed by atoms with E-state index in [1.165, 1.54) is 28.1 Å². The zero-order valence-corrected chi connectivity index (χ0v) is 18.5. The van der Waals surface area contributed by atoms with Crippen LogP contribution in [0.5, 0.6) is 0 Å². The van der Waals surface area contributed by atoms with Crippen molar-refractivity contribution >= 4 is 45.9 Å². The van der Waals surface area contributed by atoms with Gasteiger partial charge in [-0.15, -0.1) is 11.8 Å². The number of amides is 2. The van der Waals surface area contributed by atoms with Gasteiger partial charge < -0.3 is 15.4 Å². The van der Waals surface area contributed by atoms with Gasteiger partial charge >= 0.3 is 6.09 Å². The third kappa shape index (κ3) is 4.45. The smallest absolute Gasteiger partial charge is 0.414 e. The summed E-state index contributed by atoms with van der Waals surface area (Å²) in [5.74, 6) is 0.409. The molecule has 0 aromatic heterocycles. The average molecular weight is 448 g/mol. The normalized spacial score (nSPS) is 17.9. The van der Waals surface area contributed by atoms with Crippen molar-refractivity contribution in [2.45, 2.75) is 30.4 Å². The molecule has 1 fully saturated rings. The first kappa shape index (κ1) is 20.8. The van der Waals surface area contributed by atoms with Crippen LogP contribution >= 0.6 is 11.8 Å². The summed E-state index contributed by atoms with van der Waals surface area (Å²) in [6.45, 7) is 2.21. The minimum Gasteiger partial charge on any atom is -0.444 e. The number of hydrogen-bond acceptors (Lipinski definition) is 5. The molecule has 164 valence electrons. The van der Waals surface area contributed by atoms with Crippen molar-refractivity contribution in [3.63, 3.8) is 0 Å². The van der Waals surface area contributed by atoms with Crippen LogP contribution in [0.1, 0.15) is 18.4 Å². The Kier molecular flexibility index (Phi) is 6.01. The van der Waals surface area contributed by atoms with Gasteiger partial charge in [0.1, 0.15) is 6.10 Å². The summed E-state index contributed by atoms with van der Waals surface area (Å²) in [6.07, 6.45) is 1.28. The van der Waals surface area contributed by atoms with Crippen LogP contribution in [0, 0.1) is 0 Å². The molecule has 1 atom stereocenters. The second kappa shape index (κ2) is 9.22. The third-order valence-corrected chi connectivity index (χ3v) is 6.93. The highest BCUT2D eigenvalue weighted by molar-refractivity contribution is 8.00. The van der Waals surface area contributed by atoms with Crippen molar-refractivity contribution in [2.75, 3.05) is 29.1 Å². The fourth-order valence-corrected chi connectivity index (χ4v) is 5.03. The number of benzene rings is 3. The van der Waals surface area contributed by atoms with E-state index in [0.29, 0.717) is 12.3 Å². The number of carbonyl (C=O) groups is 2. The van der Waals surface area contributed by atoms with Crippen LogP contribution < -0.4 is 15.5 Å². The number of ether oxygens (including phenoxy) is 1. The van der Waals surface area contributed by atoms with Crippen LogP contribution in [-0.4, -0.2) is 36.9 Å². The van der Waals surface area contributed by atoms with Gasteiger partial charge in [-0.3, -0.25) is 9.69 Å². The maximum atomic E-state index is 12.4. The number of thioether (sulfide) groups is 1. The molecule has 3 aromatic rings. The van der Waals surface area contributed by atoms with Crippen LogP contribution in [0.2, 0.25) is 0 Å². The van der Waals surface area contributed by atoms with E-state index < -0.39 is 0 Å². The number of cyclic esters (lactones) is 1. The van der Waals surface area contributed by atoms with E-state index in [2.05, 4.69) is 53.1 Å². The summed E-state index contributed by atoms with van der Waals surface area (Å²) in [7, 11) is 0. The summed E-state index contributed by atoms with van der Waals surface area (Å²) in [5, 5.41) is 8.92. The van der Waals surface area contributed by atoms with Crippen LogP contribution in [0.4, 0.5) is 16.2 Å². The lowest BCUT2D eigenvalue weighted by Crippen LogP contribution is -2.25. The van der Waals surface area contributed by atoms with Crippen LogP contribution in [0.3, 0.4) is 0 Å². The van der Waals surface area contributed by atoms with Crippen LogP contribution in [-0.2, 0) is 16.1 Å². The lowest BCUT2D eigenvalue weighted by atomic mass is 10.0. The monoisotopic (exact) mass is 447 g/mol. The van der Waals surface area contributed by atoms with E-state index in [-0.39, 0.29) is 18.1 Å². The van der Waals surface area contributed by atoms with Gasteiger partial charge in [-0.05, 0) is 53.9 Å². The van der Waals surface area contributed by atoms with Crippen molar-refractivity contribution < 1.29 is 14.3 Å². The zero-order valence-electron chi connectivity index (χ0n) is 17.7. The van der Waals surface area contributed by atoms with E-state index >= 15 is 0 Å². The first-order valence-corrected chi connectivity index (χ1v) is 11.9. The highest BCUT2D eigenvalue weighted by Gasteiger charge is 2.32. The standard InChI is InChI=1S/C25H25N3O3S/c29-24-16-32-23-11-10-19(13-22(23)27-24)28-15-20(31-25(28)30)8-4-12-26-14-18-7-3-6-17-5-1-2-9-21(17)18/h1-3,5-7,9-11,13,20,26H,4,8,12,14-16H2,(H,27,29)/t20-/m0/s1. The van der Waals surface area contributed by atoms with Gasteiger partial charge in [-0.2, -0.15) is 0 Å². The Hall–Kier alpha value is -3.03. The van der Waals surface area contributed by atoms with Gasteiger partial charge in [0.15, 0.2) is 0 Å². The molecule has 7 heteroatoms. The molecule has 2 amide bonds. The Labute approximate surface area is 191 Å². The molecule has 2 heterocycles. The van der Waals surface area contributed by atoms with Crippen molar-refractivity contribution in [1.82, 2.24) is 5.32 Å². The molecule has 0 unspecified atom stereocenters. The van der Waals surface area contributed by atoms with Crippen molar-refractivity contribution in [2.24, 2.45) is 0 Å². The number of hydrogen-bond donors (Lipinski definition) is 2. The lowest BCUT2D eigenvalue weighted by molar-refractivity contribution is -0.113. The van der Waals surface area contributed by atoms with Gasteiger partial charge in [0.2, 0.25) is 5.91 Å². The maximum absolute atomic E-state index is 12.4. The van der Waals surface area contributed by atoms with E-state index in [9.17, 15) is 9.59 Å². The Balaban J connectivity index is 1.11. The molecule has 2 aliphatic rings. The molecule has 2 aliphatic heterocycles. The topological polar surface area (TPSA) is 70.7 Å². The summed E-state index contributed by atoms with van der Waals surface area (Å²) in [6, 6.07) is 20.5. The number of carbonyl (C=O) groups excluding carboxylic acids is 2. The second-order valence-corrected chi connectivity index (χ2v) is 9.11. The molecule has 0 bridgehead atoms. The van der Waals surface area contributed by atoms with Gasteiger partial charge in [-0.1, -0.05) is 42.5 Å². The van der Waals surface area contributed by atoms with Gasteiger partial charge in [0, 0.05) is 17.1 Å². The van der Waals surface area contributed by atoms with E-state index in [4.69, 9.17) is 4.74 Å². The summed E-state index contributed by atoms with van der Waals surface area (Å²) >= 11 is 1.51. The minimum atomic E-state index is -0.326. The summed E-state index contributed by atoms with van der Waals surface area (Å²) < 4.78 is 5.58. The van der Waals surface area contributed by atoms with Crippen LogP contribution in [0.15, 0.2) is 65.6 Å². The predicted octanol–water partition coefficient (Wildman–Crippen LogP) is 4.78. The molecule has 3 aromatic carbocycles. The molecule has 1 saturated heterocycles. The average Bonchev–Trinajstić information content (AvgIpc) is 3.18. The molecule has 5 rings (SSSR count). The molecule has 6 nitrogen and oxygen atoms in total. The number of rotatable bonds is 7. The molecular formula is C25H25N3O3S. The summed E-state index contributed by atoms with van der Waals surface area (Å²) in [4.78, 5) is 26.7.